The van der Waals surface area contributed by atoms with E-state index in [1.165, 1.54) is 50.5 Å². The zero-order valence-electron chi connectivity index (χ0n) is 16.2. The molecule has 3 rings (SSSR count). The smallest absolute Gasteiger partial charge is 0.115 e. The number of hydrogen-bond donors (Lipinski definition) is 1. The van der Waals surface area contributed by atoms with E-state index in [0.717, 1.165) is 37.8 Å². The van der Waals surface area contributed by atoms with Crippen LogP contribution in [0.15, 0.2) is 30.5 Å². The van der Waals surface area contributed by atoms with Crippen LogP contribution < -0.4 is 0 Å². The molecule has 1 N–H and O–H groups in total. The van der Waals surface area contributed by atoms with Crippen LogP contribution in [0.5, 0.6) is 0 Å². The average molecular weight is 356 g/mol. The maximum absolute atomic E-state index is 10.8. The van der Waals surface area contributed by atoms with Gasteiger partial charge in [0.1, 0.15) is 11.3 Å². The summed E-state index contributed by atoms with van der Waals surface area (Å²) in [7, 11) is 0. The van der Waals surface area contributed by atoms with Gasteiger partial charge >= 0.3 is 0 Å². The van der Waals surface area contributed by atoms with Crippen molar-refractivity contribution in [1.82, 2.24) is 15.0 Å². The lowest BCUT2D eigenvalue weighted by atomic mass is 9.83. The summed E-state index contributed by atoms with van der Waals surface area (Å²) in [5.41, 5.74) is 2.33. The van der Waals surface area contributed by atoms with Gasteiger partial charge in [0, 0.05) is 0 Å². The Morgan fingerprint density at radius 1 is 0.962 bits per heavy atom. The van der Waals surface area contributed by atoms with Crippen molar-refractivity contribution in [3.8, 4) is 5.69 Å². The molecule has 4 heteroatoms. The van der Waals surface area contributed by atoms with E-state index in [2.05, 4.69) is 41.5 Å². The Kier molecular flexibility index (Phi) is 6.84. The molecular weight excluding hydrogens is 322 g/mol. The van der Waals surface area contributed by atoms with Crippen molar-refractivity contribution in [3.05, 3.63) is 41.7 Å². The first-order valence-electron chi connectivity index (χ1n) is 10.5. The van der Waals surface area contributed by atoms with Gasteiger partial charge < -0.3 is 5.11 Å². The molecule has 1 fully saturated rings. The van der Waals surface area contributed by atoms with E-state index >= 15 is 0 Å². The Bertz CT molecular complexity index is 656. The predicted molar refractivity (Wildman–Crippen MR) is 105 cm³/mol. The summed E-state index contributed by atoms with van der Waals surface area (Å²) in [5, 5.41) is 19.3. The van der Waals surface area contributed by atoms with Crippen LogP contribution in [0.25, 0.3) is 5.69 Å². The van der Waals surface area contributed by atoms with Crippen molar-refractivity contribution in [3.63, 3.8) is 0 Å². The molecule has 26 heavy (non-hydrogen) atoms. The second-order valence-electron chi connectivity index (χ2n) is 7.82. The van der Waals surface area contributed by atoms with Gasteiger partial charge in [0.15, 0.2) is 0 Å². The highest BCUT2D eigenvalue weighted by Gasteiger charge is 2.34. The Labute approximate surface area is 157 Å². The van der Waals surface area contributed by atoms with Gasteiger partial charge in [-0.25, -0.2) is 4.68 Å². The SMILES string of the molecule is CCCCCCCCc1ccc(-n2cc(C3(O)CCCCC3)nn2)cc1. The van der Waals surface area contributed by atoms with Crippen LogP contribution in [0.4, 0.5) is 0 Å². The summed E-state index contributed by atoms with van der Waals surface area (Å²) in [5.74, 6) is 0. The maximum Gasteiger partial charge on any atom is 0.115 e. The summed E-state index contributed by atoms with van der Waals surface area (Å²) in [4.78, 5) is 0. The molecular formula is C22H33N3O. The highest BCUT2D eigenvalue weighted by Crippen LogP contribution is 2.35. The summed E-state index contributed by atoms with van der Waals surface area (Å²) >= 11 is 0. The standard InChI is InChI=1S/C22H33N3O/c1-2-3-4-5-6-8-11-19-12-14-20(15-13-19)25-18-21(23-24-25)22(26)16-9-7-10-17-22/h12-15,18,26H,2-11,16-17H2,1H3. The first-order chi connectivity index (χ1) is 12.7. The van der Waals surface area contributed by atoms with Gasteiger partial charge in [0.2, 0.25) is 0 Å². The molecule has 1 heterocycles. The van der Waals surface area contributed by atoms with Crippen LogP contribution in [0.1, 0.15) is 88.8 Å². The van der Waals surface area contributed by atoms with Crippen molar-refractivity contribution in [2.45, 2.75) is 89.6 Å². The third kappa shape index (κ3) is 4.94. The predicted octanol–water partition coefficient (Wildman–Crippen LogP) is 5.32. The molecule has 0 saturated heterocycles. The lowest BCUT2D eigenvalue weighted by molar-refractivity contribution is -0.00472. The molecule has 0 radical (unpaired) electrons. The summed E-state index contributed by atoms with van der Waals surface area (Å²) in [6.45, 7) is 2.26. The minimum absolute atomic E-state index is 0.716. The van der Waals surface area contributed by atoms with E-state index in [4.69, 9.17) is 0 Å². The molecule has 0 spiro atoms. The van der Waals surface area contributed by atoms with Crippen molar-refractivity contribution in [1.29, 1.82) is 0 Å². The molecule has 0 bridgehead atoms. The highest BCUT2D eigenvalue weighted by molar-refractivity contribution is 5.34. The van der Waals surface area contributed by atoms with Crippen LogP contribution in [-0.2, 0) is 12.0 Å². The van der Waals surface area contributed by atoms with Crippen molar-refractivity contribution >= 4 is 0 Å². The second kappa shape index (κ2) is 9.31. The first kappa shape index (κ1) is 19.1. The van der Waals surface area contributed by atoms with Gasteiger partial charge in [-0.2, -0.15) is 0 Å². The molecule has 2 aromatic rings. The Hall–Kier alpha value is -1.68. The number of rotatable bonds is 9. The quantitative estimate of drug-likeness (QED) is 0.619. The van der Waals surface area contributed by atoms with Gasteiger partial charge in [-0.3, -0.25) is 0 Å². The molecule has 0 aliphatic heterocycles. The van der Waals surface area contributed by atoms with Crippen molar-refractivity contribution in [2.75, 3.05) is 0 Å². The molecule has 0 amide bonds. The molecule has 1 aliphatic rings. The van der Waals surface area contributed by atoms with Crippen molar-refractivity contribution < 1.29 is 5.11 Å². The Balaban J connectivity index is 1.54. The molecule has 1 aliphatic carbocycles. The highest BCUT2D eigenvalue weighted by atomic mass is 16.3. The topological polar surface area (TPSA) is 50.9 Å². The van der Waals surface area contributed by atoms with E-state index in [0.29, 0.717) is 5.69 Å². The lowest BCUT2D eigenvalue weighted by Gasteiger charge is -2.29. The van der Waals surface area contributed by atoms with Crippen molar-refractivity contribution in [2.24, 2.45) is 0 Å². The van der Waals surface area contributed by atoms with Crippen LogP contribution in [0.3, 0.4) is 0 Å². The fourth-order valence-electron chi connectivity index (χ4n) is 3.92. The molecule has 1 aromatic carbocycles. The number of aliphatic hydroxyl groups is 1. The summed E-state index contributed by atoms with van der Waals surface area (Å²) in [6.07, 6.45) is 16.0. The van der Waals surface area contributed by atoms with Crippen LogP contribution >= 0.6 is 0 Å². The molecule has 0 unspecified atom stereocenters. The number of aryl methyl sites for hydroxylation is 1. The van der Waals surface area contributed by atoms with Gasteiger partial charge in [0.05, 0.1) is 11.9 Å². The monoisotopic (exact) mass is 355 g/mol. The largest absolute Gasteiger partial charge is 0.383 e. The van der Waals surface area contributed by atoms with Gasteiger partial charge in [-0.1, -0.05) is 75.6 Å². The molecule has 4 nitrogen and oxygen atoms in total. The maximum atomic E-state index is 10.8. The summed E-state index contributed by atoms with van der Waals surface area (Å²) in [6, 6.07) is 8.60. The second-order valence-corrected chi connectivity index (χ2v) is 7.82. The van der Waals surface area contributed by atoms with Gasteiger partial charge in [-0.15, -0.1) is 5.10 Å². The third-order valence-electron chi connectivity index (χ3n) is 5.67. The van der Waals surface area contributed by atoms with Crippen LogP contribution in [0, 0.1) is 0 Å². The van der Waals surface area contributed by atoms with Gasteiger partial charge in [-0.05, 0) is 43.4 Å². The number of unbranched alkanes of at least 4 members (excludes halogenated alkanes) is 5. The average Bonchev–Trinajstić information content (AvgIpc) is 3.17. The number of benzene rings is 1. The lowest BCUT2D eigenvalue weighted by Crippen LogP contribution is -2.28. The Morgan fingerprint density at radius 2 is 1.65 bits per heavy atom. The number of hydrogen-bond acceptors (Lipinski definition) is 3. The fourth-order valence-corrected chi connectivity index (χ4v) is 3.92. The van der Waals surface area contributed by atoms with E-state index in [-0.39, 0.29) is 0 Å². The first-order valence-corrected chi connectivity index (χ1v) is 10.5. The fraction of sp³-hybridized carbons (Fsp3) is 0.636. The number of nitrogens with zero attached hydrogens (tertiary/aromatic N) is 3. The molecule has 142 valence electrons. The van der Waals surface area contributed by atoms with Crippen LogP contribution in [-0.4, -0.2) is 20.1 Å². The normalized spacial score (nSPS) is 16.7. The summed E-state index contributed by atoms with van der Waals surface area (Å²) < 4.78 is 1.79. The van der Waals surface area contributed by atoms with E-state index < -0.39 is 5.60 Å². The zero-order chi connectivity index (χ0) is 18.2. The zero-order valence-corrected chi connectivity index (χ0v) is 16.2. The molecule has 1 saturated carbocycles. The minimum Gasteiger partial charge on any atom is -0.383 e. The minimum atomic E-state index is -0.784. The van der Waals surface area contributed by atoms with E-state index in [1.54, 1.807) is 4.68 Å². The number of aromatic nitrogens is 3. The van der Waals surface area contributed by atoms with E-state index in [9.17, 15) is 5.11 Å². The molecule has 1 aromatic heterocycles. The third-order valence-corrected chi connectivity index (χ3v) is 5.67. The van der Waals surface area contributed by atoms with Gasteiger partial charge in [0.25, 0.3) is 0 Å². The Morgan fingerprint density at radius 3 is 2.38 bits per heavy atom. The van der Waals surface area contributed by atoms with Crippen LogP contribution in [0.2, 0.25) is 0 Å². The van der Waals surface area contributed by atoms with E-state index in [1.807, 2.05) is 6.20 Å². The molecule has 0 atom stereocenters.